The van der Waals surface area contributed by atoms with Crippen LogP contribution in [0.2, 0.25) is 0 Å². The van der Waals surface area contributed by atoms with E-state index in [2.05, 4.69) is 4.98 Å². The summed E-state index contributed by atoms with van der Waals surface area (Å²) < 4.78 is 1.72. The average Bonchev–Trinajstić information content (AvgIpc) is 2.70. The van der Waals surface area contributed by atoms with E-state index >= 15 is 0 Å². The van der Waals surface area contributed by atoms with E-state index in [9.17, 15) is 9.59 Å². The molecule has 0 amide bonds. The van der Waals surface area contributed by atoms with Crippen molar-refractivity contribution >= 4 is 11.0 Å². The topological polar surface area (TPSA) is 67.8 Å². The zero-order valence-electron chi connectivity index (χ0n) is 16.1. The van der Waals surface area contributed by atoms with E-state index in [0.29, 0.717) is 16.6 Å². The van der Waals surface area contributed by atoms with Crippen molar-refractivity contribution in [2.75, 3.05) is 0 Å². The number of hydrogen-bond acceptors (Lipinski definition) is 3. The van der Waals surface area contributed by atoms with Crippen LogP contribution in [0.25, 0.3) is 33.4 Å². The third kappa shape index (κ3) is 3.05. The monoisotopic (exact) mass is 371 g/mol. The highest BCUT2D eigenvalue weighted by Crippen LogP contribution is 2.32. The summed E-state index contributed by atoms with van der Waals surface area (Å²) in [5.41, 5.74) is 4.52. The number of H-pyrrole nitrogens is 1. The summed E-state index contributed by atoms with van der Waals surface area (Å²) in [6.07, 6.45) is 3.46. The van der Waals surface area contributed by atoms with Crippen LogP contribution >= 0.6 is 0 Å². The molecule has 5 heteroatoms. The van der Waals surface area contributed by atoms with Crippen LogP contribution in [0.15, 0.2) is 70.5 Å². The molecule has 3 aromatic heterocycles. The Hall–Kier alpha value is -3.47. The van der Waals surface area contributed by atoms with Crippen molar-refractivity contribution in [2.24, 2.45) is 0 Å². The fourth-order valence-electron chi connectivity index (χ4n) is 3.41. The number of pyridine rings is 3. The molecule has 0 unspecified atom stereocenters. The van der Waals surface area contributed by atoms with Crippen molar-refractivity contribution in [3.05, 3.63) is 87.1 Å². The standard InChI is InChI=1S/C23H21N3O2/c1-14(2)26-13-17(11-15(3)23(26)28)18-12-19-20(27)9-10-24-22(19)25-21(18)16-7-5-4-6-8-16/h4-14H,1-3H3,(H,24,25,27). The van der Waals surface area contributed by atoms with Crippen LogP contribution in [0.4, 0.5) is 0 Å². The molecule has 0 fully saturated rings. The molecule has 0 atom stereocenters. The van der Waals surface area contributed by atoms with Crippen molar-refractivity contribution in [3.63, 3.8) is 0 Å². The Morgan fingerprint density at radius 3 is 2.46 bits per heavy atom. The van der Waals surface area contributed by atoms with Crippen LogP contribution in [-0.2, 0) is 0 Å². The first kappa shape index (κ1) is 17.9. The predicted octanol–water partition coefficient (Wildman–Crippen LogP) is 4.31. The summed E-state index contributed by atoms with van der Waals surface area (Å²) in [5, 5.41) is 0.525. The highest BCUT2D eigenvalue weighted by atomic mass is 16.1. The van der Waals surface area contributed by atoms with Gasteiger partial charge in [0.15, 0.2) is 5.43 Å². The first-order chi connectivity index (χ1) is 13.5. The van der Waals surface area contributed by atoms with Crippen molar-refractivity contribution < 1.29 is 0 Å². The van der Waals surface area contributed by atoms with Crippen LogP contribution in [-0.4, -0.2) is 14.5 Å². The molecule has 1 aromatic carbocycles. The fraction of sp³-hybridized carbons (Fsp3) is 0.174. The van der Waals surface area contributed by atoms with E-state index in [1.54, 1.807) is 10.8 Å². The quantitative estimate of drug-likeness (QED) is 0.583. The van der Waals surface area contributed by atoms with E-state index < -0.39 is 0 Å². The van der Waals surface area contributed by atoms with Gasteiger partial charge in [0.25, 0.3) is 5.56 Å². The van der Waals surface area contributed by atoms with Gasteiger partial charge < -0.3 is 9.55 Å². The number of aromatic amines is 1. The van der Waals surface area contributed by atoms with Gasteiger partial charge >= 0.3 is 0 Å². The third-order valence-corrected chi connectivity index (χ3v) is 4.88. The van der Waals surface area contributed by atoms with Gasteiger partial charge in [-0.3, -0.25) is 9.59 Å². The fourth-order valence-corrected chi connectivity index (χ4v) is 3.41. The van der Waals surface area contributed by atoms with Crippen LogP contribution in [0.5, 0.6) is 0 Å². The number of nitrogens with one attached hydrogen (secondary N) is 1. The first-order valence-electron chi connectivity index (χ1n) is 9.26. The second-order valence-electron chi connectivity index (χ2n) is 7.21. The van der Waals surface area contributed by atoms with Gasteiger partial charge in [-0.1, -0.05) is 30.3 Å². The second kappa shape index (κ2) is 6.93. The van der Waals surface area contributed by atoms with Crippen LogP contribution in [0.3, 0.4) is 0 Å². The molecule has 0 radical (unpaired) electrons. The van der Waals surface area contributed by atoms with E-state index in [0.717, 1.165) is 22.4 Å². The summed E-state index contributed by atoms with van der Waals surface area (Å²) in [4.78, 5) is 32.7. The van der Waals surface area contributed by atoms with Gasteiger partial charge in [0.1, 0.15) is 5.65 Å². The Kier molecular flexibility index (Phi) is 4.43. The molecule has 4 rings (SSSR count). The van der Waals surface area contributed by atoms with E-state index in [1.165, 1.54) is 6.07 Å². The van der Waals surface area contributed by atoms with E-state index in [-0.39, 0.29) is 17.0 Å². The molecule has 0 aliphatic heterocycles. The van der Waals surface area contributed by atoms with Gasteiger partial charge in [0, 0.05) is 46.8 Å². The molecule has 0 saturated carbocycles. The van der Waals surface area contributed by atoms with Gasteiger partial charge in [0.2, 0.25) is 0 Å². The first-order valence-corrected chi connectivity index (χ1v) is 9.26. The molecule has 5 nitrogen and oxygen atoms in total. The highest BCUT2D eigenvalue weighted by Gasteiger charge is 2.15. The van der Waals surface area contributed by atoms with Crippen LogP contribution in [0, 0.1) is 6.92 Å². The number of aromatic nitrogens is 3. The van der Waals surface area contributed by atoms with Gasteiger partial charge in [-0.2, -0.15) is 0 Å². The maximum absolute atomic E-state index is 12.5. The minimum absolute atomic E-state index is 0.00777. The Bertz CT molecular complexity index is 1280. The molecule has 0 saturated heterocycles. The smallest absolute Gasteiger partial charge is 0.253 e. The van der Waals surface area contributed by atoms with Crippen LogP contribution in [0.1, 0.15) is 25.5 Å². The molecule has 4 aromatic rings. The molecule has 0 spiro atoms. The number of nitrogens with zero attached hydrogens (tertiary/aromatic N) is 2. The maximum atomic E-state index is 12.5. The Morgan fingerprint density at radius 2 is 1.75 bits per heavy atom. The number of rotatable bonds is 3. The number of benzene rings is 1. The molecule has 3 heterocycles. The van der Waals surface area contributed by atoms with Crippen molar-refractivity contribution in [1.29, 1.82) is 0 Å². The average molecular weight is 371 g/mol. The largest absolute Gasteiger partial charge is 0.346 e. The maximum Gasteiger partial charge on any atom is 0.253 e. The lowest BCUT2D eigenvalue weighted by molar-refractivity contribution is 0.576. The van der Waals surface area contributed by atoms with E-state index in [4.69, 9.17) is 4.98 Å². The van der Waals surface area contributed by atoms with Crippen molar-refractivity contribution in [2.45, 2.75) is 26.8 Å². The summed E-state index contributed by atoms with van der Waals surface area (Å²) in [7, 11) is 0. The second-order valence-corrected chi connectivity index (χ2v) is 7.21. The molecule has 0 aliphatic rings. The highest BCUT2D eigenvalue weighted by molar-refractivity contribution is 5.89. The third-order valence-electron chi connectivity index (χ3n) is 4.88. The molecule has 0 aliphatic carbocycles. The Labute approximate surface area is 162 Å². The molecule has 1 N–H and O–H groups in total. The molecular formula is C23H21N3O2. The molecule has 140 valence electrons. The lowest BCUT2D eigenvalue weighted by Crippen LogP contribution is -2.23. The normalized spacial score (nSPS) is 11.3. The molecule has 0 bridgehead atoms. The summed E-state index contributed by atoms with van der Waals surface area (Å²) >= 11 is 0. The van der Waals surface area contributed by atoms with Gasteiger partial charge in [0.05, 0.1) is 11.1 Å². The van der Waals surface area contributed by atoms with Gasteiger partial charge in [-0.15, -0.1) is 0 Å². The SMILES string of the molecule is Cc1cc(-c2cc3c(=O)cc[nH]c3nc2-c2ccccc2)cn(C(C)C)c1=O. The minimum Gasteiger partial charge on any atom is -0.346 e. The van der Waals surface area contributed by atoms with Gasteiger partial charge in [-0.25, -0.2) is 4.98 Å². The van der Waals surface area contributed by atoms with Crippen molar-refractivity contribution in [1.82, 2.24) is 14.5 Å². The summed E-state index contributed by atoms with van der Waals surface area (Å²) in [6, 6.07) is 15.1. The molecule has 28 heavy (non-hydrogen) atoms. The zero-order chi connectivity index (χ0) is 19.8. The Balaban J connectivity index is 2.10. The van der Waals surface area contributed by atoms with Gasteiger partial charge in [-0.05, 0) is 32.9 Å². The number of fused-ring (bicyclic) bond motifs is 1. The van der Waals surface area contributed by atoms with E-state index in [1.807, 2.05) is 69.4 Å². The number of hydrogen-bond donors (Lipinski definition) is 1. The predicted molar refractivity (Wildman–Crippen MR) is 113 cm³/mol. The van der Waals surface area contributed by atoms with Crippen LogP contribution < -0.4 is 11.0 Å². The zero-order valence-corrected chi connectivity index (χ0v) is 16.1. The van der Waals surface area contributed by atoms with Crippen molar-refractivity contribution in [3.8, 4) is 22.4 Å². The Morgan fingerprint density at radius 1 is 1.00 bits per heavy atom. The summed E-state index contributed by atoms with van der Waals surface area (Å²) in [5.74, 6) is 0. The minimum atomic E-state index is -0.0870. The lowest BCUT2D eigenvalue weighted by atomic mass is 9.98. The molecular weight excluding hydrogens is 350 g/mol. The summed E-state index contributed by atoms with van der Waals surface area (Å²) in [6.45, 7) is 5.77. The lowest BCUT2D eigenvalue weighted by Gasteiger charge is -2.16. The number of aryl methyl sites for hydroxylation is 1.